The Bertz CT molecular complexity index is 2220. The van der Waals surface area contributed by atoms with Gasteiger partial charge in [0.2, 0.25) is 5.88 Å². The minimum Gasteiger partial charge on any atom is -0.497 e. The molecule has 5 aromatic carbocycles. The number of methoxy groups -OCH3 is 1. The van der Waals surface area contributed by atoms with Crippen molar-refractivity contribution in [2.45, 2.75) is 90.1 Å². The molecule has 0 spiro atoms. The maximum atomic E-state index is 13.1. The fraction of sp³-hybridized carbons (Fsp3) is 0.327. The van der Waals surface area contributed by atoms with E-state index < -0.39 is 30.4 Å². The van der Waals surface area contributed by atoms with Crippen molar-refractivity contribution >= 4 is 11.6 Å². The lowest BCUT2D eigenvalue weighted by molar-refractivity contribution is -0.436. The van der Waals surface area contributed by atoms with Gasteiger partial charge in [0.25, 0.3) is 0 Å². The van der Waals surface area contributed by atoms with Crippen molar-refractivity contribution in [1.29, 1.82) is 0 Å². The summed E-state index contributed by atoms with van der Waals surface area (Å²) in [5, 5.41) is 18.6. The molecule has 5 atom stereocenters. The van der Waals surface area contributed by atoms with E-state index in [0.29, 0.717) is 23.8 Å². The minimum atomic E-state index is -2.45. The summed E-state index contributed by atoms with van der Waals surface area (Å²) < 4.78 is 47.5. The van der Waals surface area contributed by atoms with E-state index in [2.05, 4.69) is 0 Å². The Balaban J connectivity index is 1.30. The zero-order valence-electron chi connectivity index (χ0n) is 34.5. The molecule has 7 rings (SSSR count). The maximum absolute atomic E-state index is 13.1. The van der Waals surface area contributed by atoms with E-state index in [-0.39, 0.29) is 38.3 Å². The van der Waals surface area contributed by atoms with Gasteiger partial charge in [-0.25, -0.2) is 0 Å². The highest BCUT2D eigenvalue weighted by Gasteiger charge is 2.59. The van der Waals surface area contributed by atoms with E-state index in [9.17, 15) is 5.11 Å². The molecule has 0 amide bonds. The van der Waals surface area contributed by atoms with E-state index in [1.807, 2.05) is 159 Å². The van der Waals surface area contributed by atoms with E-state index in [4.69, 9.17) is 49.9 Å². The summed E-state index contributed by atoms with van der Waals surface area (Å²) in [6, 6.07) is 44.8. The van der Waals surface area contributed by atoms with E-state index in [1.165, 1.54) is 0 Å². The second-order valence-electron chi connectivity index (χ2n) is 15.2. The quantitative estimate of drug-likeness (QED) is 0.0800. The lowest BCUT2D eigenvalue weighted by Gasteiger charge is -2.49. The molecule has 0 bridgehead atoms. The van der Waals surface area contributed by atoms with E-state index >= 15 is 0 Å². The Morgan fingerprint density at radius 2 is 1.23 bits per heavy atom. The highest BCUT2D eigenvalue weighted by molar-refractivity contribution is 6.31. The van der Waals surface area contributed by atoms with Gasteiger partial charge < -0.3 is 38.3 Å². The SMILES string of the molecule is COc1ccc(Cc2c(O[C@]3(O)O[C@H](COCc4ccccc4)[C@@H](OCc4ccccc4)[C@H](OCc4ccccc4)[C@H]3OCc3ccccc3)nn(C(C)C)c2C)c(Cl)c1. The van der Waals surface area contributed by atoms with Crippen molar-refractivity contribution in [2.75, 3.05) is 13.7 Å². The first kappa shape index (κ1) is 43.1. The van der Waals surface area contributed by atoms with Gasteiger partial charge in [-0.05, 0) is 60.7 Å². The van der Waals surface area contributed by atoms with Gasteiger partial charge in [0.15, 0.2) is 6.10 Å². The van der Waals surface area contributed by atoms with Gasteiger partial charge in [0.05, 0.1) is 40.1 Å². The third kappa shape index (κ3) is 10.8. The minimum absolute atomic E-state index is 0.0312. The van der Waals surface area contributed by atoms with Gasteiger partial charge >= 0.3 is 5.97 Å². The molecular formula is C49H53ClN2O8. The molecule has 1 N–H and O–H groups in total. The zero-order valence-corrected chi connectivity index (χ0v) is 35.2. The molecule has 1 fully saturated rings. The van der Waals surface area contributed by atoms with Crippen LogP contribution in [0, 0.1) is 6.92 Å². The standard InChI is InChI=1S/C49H53ClN2O8/c1-34(2)52-35(3)42(27-40-25-26-41(54-4)28-43(40)50)48(51-52)60-49(53)47(58-32-39-23-15-8-16-24-39)46(57-31-38-21-13-7-14-22-38)45(56-30-37-19-11-6-12-20-37)44(59-49)33-55-29-36-17-9-5-10-18-36/h5-26,28,34,44-47,53H,27,29-33H2,1-4H3/t44-,45-,46+,47-,49-/m1/s1. The predicted octanol–water partition coefficient (Wildman–Crippen LogP) is 9.42. The highest BCUT2D eigenvalue weighted by Crippen LogP contribution is 2.40. The number of rotatable bonds is 19. The molecule has 1 aromatic heterocycles. The van der Waals surface area contributed by atoms with Gasteiger partial charge in [-0.15, -0.1) is 5.10 Å². The Morgan fingerprint density at radius 1 is 0.717 bits per heavy atom. The van der Waals surface area contributed by atoms with Crippen LogP contribution >= 0.6 is 11.6 Å². The summed E-state index contributed by atoms with van der Waals surface area (Å²) in [5.74, 6) is -1.65. The molecular weight excluding hydrogens is 780 g/mol. The Kier molecular flexibility index (Phi) is 14.7. The largest absolute Gasteiger partial charge is 0.497 e. The van der Waals surface area contributed by atoms with Gasteiger partial charge in [-0.1, -0.05) is 139 Å². The van der Waals surface area contributed by atoms with Gasteiger partial charge in [0.1, 0.15) is 24.1 Å². The summed E-state index contributed by atoms with van der Waals surface area (Å²) in [6.07, 6.45) is -3.53. The lowest BCUT2D eigenvalue weighted by Crippen LogP contribution is -2.69. The first-order valence-corrected chi connectivity index (χ1v) is 20.7. The smallest absolute Gasteiger partial charge is 0.356 e. The molecule has 6 aromatic rings. The van der Waals surface area contributed by atoms with E-state index in [1.54, 1.807) is 13.2 Å². The monoisotopic (exact) mass is 832 g/mol. The van der Waals surface area contributed by atoms with Crippen molar-refractivity contribution in [3.8, 4) is 11.6 Å². The van der Waals surface area contributed by atoms with Crippen LogP contribution in [0.4, 0.5) is 0 Å². The third-order valence-electron chi connectivity index (χ3n) is 10.5. The normalized spacial score (nSPS) is 20.3. The summed E-state index contributed by atoms with van der Waals surface area (Å²) in [4.78, 5) is 0. The van der Waals surface area contributed by atoms with Crippen LogP contribution in [0.25, 0.3) is 0 Å². The molecule has 0 aliphatic carbocycles. The van der Waals surface area contributed by atoms with Crippen molar-refractivity contribution in [3.05, 3.63) is 184 Å². The molecule has 1 aliphatic heterocycles. The first-order valence-electron chi connectivity index (χ1n) is 20.3. The lowest BCUT2D eigenvalue weighted by atomic mass is 9.96. The fourth-order valence-corrected chi connectivity index (χ4v) is 7.58. The molecule has 1 aliphatic rings. The molecule has 2 heterocycles. The number of hydrogen-bond acceptors (Lipinski definition) is 9. The number of hydrogen-bond donors (Lipinski definition) is 1. The number of ether oxygens (including phenoxy) is 7. The molecule has 1 saturated heterocycles. The van der Waals surface area contributed by atoms with Crippen molar-refractivity contribution < 1.29 is 38.3 Å². The third-order valence-corrected chi connectivity index (χ3v) is 10.9. The zero-order chi connectivity index (χ0) is 41.9. The van der Waals surface area contributed by atoms with Crippen LogP contribution in [0.15, 0.2) is 140 Å². The second kappa shape index (κ2) is 20.5. The van der Waals surface area contributed by atoms with E-state index in [0.717, 1.165) is 39.1 Å². The predicted molar refractivity (Wildman–Crippen MR) is 230 cm³/mol. The van der Waals surface area contributed by atoms with Crippen LogP contribution in [0.2, 0.25) is 5.02 Å². The van der Waals surface area contributed by atoms with Gasteiger partial charge in [-0.3, -0.25) is 4.68 Å². The van der Waals surface area contributed by atoms with Crippen LogP contribution in [0.3, 0.4) is 0 Å². The molecule has 11 heteroatoms. The van der Waals surface area contributed by atoms with Crippen LogP contribution in [0.1, 0.15) is 59.0 Å². The second-order valence-corrected chi connectivity index (χ2v) is 15.6. The highest BCUT2D eigenvalue weighted by atomic mass is 35.5. The number of halogens is 1. The van der Waals surface area contributed by atoms with Gasteiger partial charge in [-0.2, -0.15) is 0 Å². The molecule has 10 nitrogen and oxygen atoms in total. The molecule has 0 unspecified atom stereocenters. The Hall–Kier alpha value is -5.04. The maximum Gasteiger partial charge on any atom is 0.356 e. The number of benzene rings is 5. The Labute approximate surface area is 357 Å². The summed E-state index contributed by atoms with van der Waals surface area (Å²) in [5.41, 5.74) is 6.14. The van der Waals surface area contributed by atoms with Crippen molar-refractivity contribution in [3.63, 3.8) is 0 Å². The molecule has 0 saturated carbocycles. The van der Waals surface area contributed by atoms with Gasteiger partial charge in [0, 0.05) is 28.7 Å². The summed E-state index contributed by atoms with van der Waals surface area (Å²) in [7, 11) is 1.60. The topological polar surface area (TPSA) is 103 Å². The van der Waals surface area contributed by atoms with Crippen LogP contribution in [-0.4, -0.2) is 59.0 Å². The van der Waals surface area contributed by atoms with Crippen molar-refractivity contribution in [2.24, 2.45) is 0 Å². The average molecular weight is 833 g/mol. The van der Waals surface area contributed by atoms with Crippen molar-refractivity contribution in [1.82, 2.24) is 9.78 Å². The number of nitrogens with zero attached hydrogens (tertiary/aromatic N) is 2. The summed E-state index contributed by atoms with van der Waals surface area (Å²) >= 11 is 6.79. The van der Waals surface area contributed by atoms with Crippen LogP contribution in [-0.2, 0) is 56.5 Å². The van der Waals surface area contributed by atoms with Crippen LogP contribution < -0.4 is 9.47 Å². The molecule has 60 heavy (non-hydrogen) atoms. The number of aromatic nitrogens is 2. The number of aliphatic hydroxyl groups is 1. The fourth-order valence-electron chi connectivity index (χ4n) is 7.34. The molecule has 314 valence electrons. The average Bonchev–Trinajstić information content (AvgIpc) is 3.57. The van der Waals surface area contributed by atoms with Crippen LogP contribution in [0.5, 0.6) is 11.6 Å². The molecule has 0 radical (unpaired) electrons. The first-order chi connectivity index (χ1) is 29.2. The summed E-state index contributed by atoms with van der Waals surface area (Å²) in [6.45, 7) is 6.93. The Morgan fingerprint density at radius 3 is 1.75 bits per heavy atom.